The average Bonchev–Trinajstić information content (AvgIpc) is 2.31. The summed E-state index contributed by atoms with van der Waals surface area (Å²) in [6.45, 7) is 15.8. The Hall–Kier alpha value is -0.870. The summed E-state index contributed by atoms with van der Waals surface area (Å²) >= 11 is 0. The van der Waals surface area contributed by atoms with Gasteiger partial charge >= 0.3 is 118 Å². The number of hydrogen-bond donors (Lipinski definition) is 0. The fourth-order valence-corrected chi connectivity index (χ4v) is 8.53. The van der Waals surface area contributed by atoms with Gasteiger partial charge in [0, 0.05) is 0 Å². The van der Waals surface area contributed by atoms with Crippen molar-refractivity contribution in [2.45, 2.75) is 26.4 Å². The molecule has 0 N–H and O–H groups in total. The van der Waals surface area contributed by atoms with Crippen LogP contribution in [0.1, 0.15) is 41.8 Å². The molecule has 0 nitrogen and oxygen atoms in total. The van der Waals surface area contributed by atoms with Crippen LogP contribution in [0, 0.1) is 12.8 Å². The van der Waals surface area contributed by atoms with E-state index < -0.39 is 7.26 Å². The van der Waals surface area contributed by atoms with Crippen LogP contribution in [0.15, 0.2) is 24.8 Å². The summed E-state index contributed by atoms with van der Waals surface area (Å²) in [5, 5.41) is 0. The van der Waals surface area contributed by atoms with Crippen LogP contribution in [0.5, 0.6) is 0 Å². The second-order valence-electron chi connectivity index (χ2n) is 6.69. The normalized spacial score (nSPS) is 27.0. The van der Waals surface area contributed by atoms with Gasteiger partial charge in [-0.25, -0.2) is 0 Å². The van der Waals surface area contributed by atoms with Gasteiger partial charge in [0.1, 0.15) is 0 Å². The van der Waals surface area contributed by atoms with Crippen molar-refractivity contribution in [1.29, 1.82) is 0 Å². The van der Waals surface area contributed by atoms with Crippen molar-refractivity contribution in [3.63, 3.8) is 0 Å². The van der Waals surface area contributed by atoms with E-state index in [1.165, 1.54) is 22.9 Å². The third-order valence-corrected chi connectivity index (χ3v) is 8.89. The van der Waals surface area contributed by atoms with Gasteiger partial charge in [-0.3, -0.25) is 0 Å². The average molecular weight is 274 g/mol. The molecule has 0 aliphatic carbocycles. The van der Waals surface area contributed by atoms with Crippen molar-refractivity contribution >= 4 is 19.4 Å². The zero-order valence-electron chi connectivity index (χ0n) is 13.0. The first kappa shape index (κ1) is 14.5. The van der Waals surface area contributed by atoms with E-state index in [0.29, 0.717) is 0 Å². The zero-order valence-corrected chi connectivity index (χ0v) is 14.0. The molecule has 1 heteroatoms. The van der Waals surface area contributed by atoms with Gasteiger partial charge in [0.05, 0.1) is 0 Å². The molecule has 1 fully saturated rings. The monoisotopic (exact) mass is 274 g/mol. The number of rotatable bonds is 3. The van der Waals surface area contributed by atoms with Crippen molar-refractivity contribution in [1.82, 2.24) is 0 Å². The molecule has 1 aliphatic heterocycles. The standard InChI is InChI=1S/C18H27P/c1-7-9-16-10-13(3)17(11-15(16)8-2)18-14(4)12-19(18,5)6/h7-11,14,18-19H,2,12H2,1,3-6H3/b9-7-. The van der Waals surface area contributed by atoms with Gasteiger partial charge in [-0.15, -0.1) is 0 Å². The van der Waals surface area contributed by atoms with Gasteiger partial charge in [-0.2, -0.15) is 0 Å². The Bertz CT molecular complexity index is 523. The van der Waals surface area contributed by atoms with Gasteiger partial charge in [-0.05, 0) is 0 Å². The SMILES string of the molecule is C=Cc1cc(C2C(C)C[PH]2(C)C)c(C)cc1/C=C\C. The van der Waals surface area contributed by atoms with Gasteiger partial charge in [-0.1, -0.05) is 0 Å². The Balaban J connectivity index is 2.50. The van der Waals surface area contributed by atoms with Crippen LogP contribution < -0.4 is 0 Å². The maximum absolute atomic E-state index is 3.98. The molecule has 1 heterocycles. The zero-order chi connectivity index (χ0) is 14.2. The molecule has 1 aromatic rings. The summed E-state index contributed by atoms with van der Waals surface area (Å²) in [6, 6.07) is 4.73. The quantitative estimate of drug-likeness (QED) is 0.650. The van der Waals surface area contributed by atoms with E-state index in [2.05, 4.69) is 65.0 Å². The fourth-order valence-electron chi connectivity index (χ4n) is 4.01. The van der Waals surface area contributed by atoms with Crippen molar-refractivity contribution in [3.05, 3.63) is 47.0 Å². The van der Waals surface area contributed by atoms with Gasteiger partial charge in [0.15, 0.2) is 0 Å². The molecule has 2 atom stereocenters. The van der Waals surface area contributed by atoms with E-state index in [1.54, 1.807) is 5.56 Å². The topological polar surface area (TPSA) is 0 Å². The van der Waals surface area contributed by atoms with Crippen LogP contribution >= 0.6 is 7.26 Å². The summed E-state index contributed by atoms with van der Waals surface area (Å²) in [4.78, 5) is 0. The van der Waals surface area contributed by atoms with Crippen LogP contribution in [0.4, 0.5) is 0 Å². The molecule has 2 rings (SSSR count). The van der Waals surface area contributed by atoms with E-state index in [1.807, 2.05) is 6.08 Å². The third-order valence-electron chi connectivity index (χ3n) is 4.63. The van der Waals surface area contributed by atoms with Crippen molar-refractivity contribution in [3.8, 4) is 0 Å². The van der Waals surface area contributed by atoms with Crippen molar-refractivity contribution < 1.29 is 0 Å². The van der Waals surface area contributed by atoms with E-state index >= 15 is 0 Å². The van der Waals surface area contributed by atoms with E-state index in [0.717, 1.165) is 11.6 Å². The molecule has 0 saturated carbocycles. The molecule has 104 valence electrons. The van der Waals surface area contributed by atoms with Crippen molar-refractivity contribution in [2.24, 2.45) is 5.92 Å². The van der Waals surface area contributed by atoms with Gasteiger partial charge in [0.25, 0.3) is 0 Å². The molecule has 1 saturated heterocycles. The predicted octanol–water partition coefficient (Wildman–Crippen LogP) is 5.37. The molecular weight excluding hydrogens is 247 g/mol. The second-order valence-corrected chi connectivity index (χ2v) is 11.7. The Morgan fingerprint density at radius 3 is 2.42 bits per heavy atom. The molecule has 0 radical (unpaired) electrons. The molecule has 19 heavy (non-hydrogen) atoms. The summed E-state index contributed by atoms with van der Waals surface area (Å²) < 4.78 is 0. The Labute approximate surface area is 119 Å². The Kier molecular flexibility index (Phi) is 4.02. The van der Waals surface area contributed by atoms with Crippen LogP contribution in [-0.4, -0.2) is 19.5 Å². The van der Waals surface area contributed by atoms with Crippen LogP contribution in [0.25, 0.3) is 12.2 Å². The second kappa shape index (κ2) is 5.25. The van der Waals surface area contributed by atoms with Crippen LogP contribution in [0.2, 0.25) is 0 Å². The van der Waals surface area contributed by atoms with E-state index in [-0.39, 0.29) is 0 Å². The number of hydrogen-bond acceptors (Lipinski definition) is 0. The first-order chi connectivity index (χ1) is 8.90. The molecule has 0 spiro atoms. The van der Waals surface area contributed by atoms with Gasteiger partial charge in [0.2, 0.25) is 0 Å². The Morgan fingerprint density at radius 1 is 1.26 bits per heavy atom. The summed E-state index contributed by atoms with van der Waals surface area (Å²) in [5.74, 6) is 0.852. The first-order valence-electron chi connectivity index (χ1n) is 7.30. The summed E-state index contributed by atoms with van der Waals surface area (Å²) in [5.41, 5.74) is 6.44. The molecule has 0 aromatic heterocycles. The minimum absolute atomic E-state index is 0.825. The maximum atomic E-state index is 3.98. The molecule has 1 aliphatic rings. The number of aryl methyl sites for hydroxylation is 1. The number of benzene rings is 1. The molecule has 0 amide bonds. The number of allylic oxidation sites excluding steroid dienone is 1. The molecule has 0 bridgehead atoms. The minimum atomic E-state index is -1.04. The Morgan fingerprint density at radius 2 is 1.95 bits per heavy atom. The predicted molar refractivity (Wildman–Crippen MR) is 92.9 cm³/mol. The molecule has 2 unspecified atom stereocenters. The van der Waals surface area contributed by atoms with E-state index in [4.69, 9.17) is 0 Å². The van der Waals surface area contributed by atoms with Crippen molar-refractivity contribution in [2.75, 3.05) is 19.5 Å². The van der Waals surface area contributed by atoms with Crippen LogP contribution in [-0.2, 0) is 0 Å². The third kappa shape index (κ3) is 2.56. The van der Waals surface area contributed by atoms with Crippen LogP contribution in [0.3, 0.4) is 0 Å². The van der Waals surface area contributed by atoms with Gasteiger partial charge < -0.3 is 0 Å². The molecule has 1 aromatic carbocycles. The summed E-state index contributed by atoms with van der Waals surface area (Å²) in [6.07, 6.45) is 7.75. The summed E-state index contributed by atoms with van der Waals surface area (Å²) in [7, 11) is -1.04. The molecular formula is C18H27P. The first-order valence-corrected chi connectivity index (χ1v) is 10.6. The fraction of sp³-hybridized carbons (Fsp3) is 0.444. The van der Waals surface area contributed by atoms with E-state index in [9.17, 15) is 0 Å².